The molecule has 20 heavy (non-hydrogen) atoms. The number of halogens is 1. The second-order valence-corrected chi connectivity index (χ2v) is 5.58. The number of hydrogen-bond donors (Lipinski definition) is 1. The van der Waals surface area contributed by atoms with Crippen LogP contribution < -0.4 is 10.5 Å². The van der Waals surface area contributed by atoms with Gasteiger partial charge in [-0.25, -0.2) is 4.39 Å². The molecule has 1 rings (SSSR count). The lowest BCUT2D eigenvalue weighted by Gasteiger charge is -2.23. The molecule has 0 aromatic heterocycles. The van der Waals surface area contributed by atoms with Crippen molar-refractivity contribution < 1.29 is 18.7 Å². The van der Waals surface area contributed by atoms with E-state index < -0.39 is 23.3 Å². The van der Waals surface area contributed by atoms with Crippen LogP contribution in [0.5, 0.6) is 5.75 Å². The van der Waals surface area contributed by atoms with Crippen molar-refractivity contribution >= 4 is 5.97 Å². The highest BCUT2D eigenvalue weighted by molar-refractivity contribution is 5.71. The van der Waals surface area contributed by atoms with E-state index in [0.29, 0.717) is 11.3 Å². The van der Waals surface area contributed by atoms with Crippen LogP contribution in [0, 0.1) is 5.82 Å². The molecule has 0 heterocycles. The maximum Gasteiger partial charge on any atom is 0.306 e. The van der Waals surface area contributed by atoms with Crippen molar-refractivity contribution in [1.82, 2.24) is 0 Å². The van der Waals surface area contributed by atoms with Gasteiger partial charge < -0.3 is 15.2 Å². The van der Waals surface area contributed by atoms with Crippen LogP contribution in [-0.4, -0.2) is 25.2 Å². The molecule has 0 saturated heterocycles. The highest BCUT2D eigenvalue weighted by Crippen LogP contribution is 2.31. The number of nitrogens with two attached hydrogens (primary N) is 1. The molecule has 0 saturated carbocycles. The van der Waals surface area contributed by atoms with Gasteiger partial charge in [-0.3, -0.25) is 4.79 Å². The number of benzene rings is 1. The quantitative estimate of drug-likeness (QED) is 0.844. The Morgan fingerprint density at radius 1 is 1.40 bits per heavy atom. The lowest BCUT2D eigenvalue weighted by atomic mass is 9.94. The van der Waals surface area contributed by atoms with Crippen molar-refractivity contribution in [3.8, 4) is 5.75 Å². The molecule has 0 bridgehead atoms. The molecule has 1 unspecified atom stereocenters. The van der Waals surface area contributed by atoms with Gasteiger partial charge in [0.2, 0.25) is 0 Å². The van der Waals surface area contributed by atoms with Crippen molar-refractivity contribution in [3.63, 3.8) is 0 Å². The van der Waals surface area contributed by atoms with Crippen molar-refractivity contribution in [2.24, 2.45) is 5.73 Å². The molecule has 4 nitrogen and oxygen atoms in total. The standard InChI is InChI=1S/C15H22FNO3/c1-15(2,3)20-13(18)8-10(9-17)14-11(16)6-5-7-12(14)19-4/h5-7,10H,8-9,17H2,1-4H3. The average molecular weight is 283 g/mol. The summed E-state index contributed by atoms with van der Waals surface area (Å²) in [6, 6.07) is 4.53. The Morgan fingerprint density at radius 2 is 2.05 bits per heavy atom. The summed E-state index contributed by atoms with van der Waals surface area (Å²) < 4.78 is 24.4. The zero-order valence-corrected chi connectivity index (χ0v) is 12.4. The monoisotopic (exact) mass is 283 g/mol. The fourth-order valence-electron chi connectivity index (χ4n) is 1.98. The molecule has 0 aliphatic carbocycles. The van der Waals surface area contributed by atoms with Crippen molar-refractivity contribution in [2.45, 2.75) is 38.7 Å². The van der Waals surface area contributed by atoms with Gasteiger partial charge >= 0.3 is 5.97 Å². The van der Waals surface area contributed by atoms with Crippen LogP contribution in [0.25, 0.3) is 0 Å². The van der Waals surface area contributed by atoms with Gasteiger partial charge in [-0.15, -0.1) is 0 Å². The summed E-state index contributed by atoms with van der Waals surface area (Å²) in [4.78, 5) is 11.9. The maximum absolute atomic E-state index is 14.0. The minimum atomic E-state index is -0.574. The van der Waals surface area contributed by atoms with Gasteiger partial charge in [0.15, 0.2) is 0 Å². The van der Waals surface area contributed by atoms with E-state index in [9.17, 15) is 9.18 Å². The van der Waals surface area contributed by atoms with Gasteiger partial charge in [-0.05, 0) is 39.4 Å². The Labute approximate surface area is 119 Å². The molecule has 2 N–H and O–H groups in total. The van der Waals surface area contributed by atoms with E-state index in [4.69, 9.17) is 15.2 Å². The van der Waals surface area contributed by atoms with Gasteiger partial charge in [-0.2, -0.15) is 0 Å². The SMILES string of the molecule is COc1cccc(F)c1C(CN)CC(=O)OC(C)(C)C. The first-order valence-electron chi connectivity index (χ1n) is 6.52. The van der Waals surface area contributed by atoms with Gasteiger partial charge in [0.05, 0.1) is 13.5 Å². The van der Waals surface area contributed by atoms with Crippen molar-refractivity contribution in [2.75, 3.05) is 13.7 Å². The van der Waals surface area contributed by atoms with Gasteiger partial charge in [-0.1, -0.05) is 6.07 Å². The molecule has 1 aromatic carbocycles. The van der Waals surface area contributed by atoms with E-state index in [0.717, 1.165) is 0 Å². The first kappa shape index (κ1) is 16.4. The van der Waals surface area contributed by atoms with E-state index in [2.05, 4.69) is 0 Å². The van der Waals surface area contributed by atoms with Crippen LogP contribution in [-0.2, 0) is 9.53 Å². The lowest BCUT2D eigenvalue weighted by molar-refractivity contribution is -0.155. The number of carbonyl (C=O) groups excluding carboxylic acids is 1. The molecule has 1 aromatic rings. The summed E-state index contributed by atoms with van der Waals surface area (Å²) in [5.74, 6) is -0.911. The van der Waals surface area contributed by atoms with Crippen LogP contribution >= 0.6 is 0 Å². The highest BCUT2D eigenvalue weighted by Gasteiger charge is 2.25. The smallest absolute Gasteiger partial charge is 0.306 e. The van der Waals surface area contributed by atoms with Gasteiger partial charge in [0, 0.05) is 11.5 Å². The normalized spacial score (nSPS) is 12.9. The predicted octanol–water partition coefficient (Wildman–Crippen LogP) is 2.61. The number of rotatable bonds is 5. The topological polar surface area (TPSA) is 61.5 Å². The van der Waals surface area contributed by atoms with E-state index in [1.807, 2.05) is 0 Å². The molecule has 0 aliphatic heterocycles. The Balaban J connectivity index is 2.94. The molecular weight excluding hydrogens is 261 g/mol. The molecule has 0 radical (unpaired) electrons. The minimum absolute atomic E-state index is 0.0189. The lowest BCUT2D eigenvalue weighted by Crippen LogP contribution is -2.27. The maximum atomic E-state index is 14.0. The van der Waals surface area contributed by atoms with Crippen LogP contribution in [0.3, 0.4) is 0 Å². The van der Waals surface area contributed by atoms with Crippen LogP contribution in [0.4, 0.5) is 4.39 Å². The molecule has 5 heteroatoms. The Morgan fingerprint density at radius 3 is 2.55 bits per heavy atom. The van der Waals surface area contributed by atoms with Crippen LogP contribution in [0.15, 0.2) is 18.2 Å². The molecule has 112 valence electrons. The fraction of sp³-hybridized carbons (Fsp3) is 0.533. The summed E-state index contributed by atoms with van der Waals surface area (Å²) in [6.07, 6.45) is 0.0189. The molecule has 0 spiro atoms. The van der Waals surface area contributed by atoms with E-state index in [-0.39, 0.29) is 13.0 Å². The number of carbonyl (C=O) groups is 1. The number of ether oxygens (including phenoxy) is 2. The number of methoxy groups -OCH3 is 1. The average Bonchev–Trinajstić information content (AvgIpc) is 2.33. The third-order valence-electron chi connectivity index (χ3n) is 2.76. The fourth-order valence-corrected chi connectivity index (χ4v) is 1.98. The summed E-state index contributed by atoms with van der Waals surface area (Å²) >= 11 is 0. The van der Waals surface area contributed by atoms with Crippen molar-refractivity contribution in [3.05, 3.63) is 29.6 Å². The Hall–Kier alpha value is -1.62. The second kappa shape index (κ2) is 6.70. The molecule has 0 amide bonds. The summed E-state index contributed by atoms with van der Waals surface area (Å²) in [7, 11) is 1.46. The molecular formula is C15H22FNO3. The largest absolute Gasteiger partial charge is 0.496 e. The number of esters is 1. The van der Waals surface area contributed by atoms with E-state index in [1.165, 1.54) is 13.2 Å². The van der Waals surface area contributed by atoms with E-state index >= 15 is 0 Å². The van der Waals surface area contributed by atoms with Crippen LogP contribution in [0.2, 0.25) is 0 Å². The zero-order chi connectivity index (χ0) is 15.3. The molecule has 1 atom stereocenters. The van der Waals surface area contributed by atoms with Crippen molar-refractivity contribution in [1.29, 1.82) is 0 Å². The highest BCUT2D eigenvalue weighted by atomic mass is 19.1. The van der Waals surface area contributed by atoms with Crippen LogP contribution in [0.1, 0.15) is 38.7 Å². The molecule has 0 fully saturated rings. The first-order chi connectivity index (χ1) is 9.28. The first-order valence-corrected chi connectivity index (χ1v) is 6.52. The zero-order valence-electron chi connectivity index (χ0n) is 12.4. The minimum Gasteiger partial charge on any atom is -0.496 e. The molecule has 0 aliphatic rings. The van der Waals surface area contributed by atoms with Gasteiger partial charge in [0.1, 0.15) is 17.2 Å². The Bertz CT molecular complexity index is 469. The third kappa shape index (κ3) is 4.49. The van der Waals surface area contributed by atoms with Gasteiger partial charge in [0.25, 0.3) is 0 Å². The summed E-state index contributed by atoms with van der Waals surface area (Å²) in [6.45, 7) is 5.49. The summed E-state index contributed by atoms with van der Waals surface area (Å²) in [5, 5.41) is 0. The third-order valence-corrected chi connectivity index (χ3v) is 2.76. The summed E-state index contributed by atoms with van der Waals surface area (Å²) in [5.41, 5.74) is 5.43. The number of hydrogen-bond acceptors (Lipinski definition) is 4. The Kier molecular flexibility index (Phi) is 5.51. The second-order valence-electron chi connectivity index (χ2n) is 5.58. The van der Waals surface area contributed by atoms with E-state index in [1.54, 1.807) is 32.9 Å². The predicted molar refractivity (Wildman–Crippen MR) is 75.2 cm³/mol.